The second kappa shape index (κ2) is 4.47. The van der Waals surface area contributed by atoms with E-state index in [4.69, 9.17) is 5.73 Å². The largest absolute Gasteiger partial charge is 0.369 e. The van der Waals surface area contributed by atoms with E-state index in [9.17, 15) is 4.79 Å². The van der Waals surface area contributed by atoms with Crippen molar-refractivity contribution in [1.82, 2.24) is 0 Å². The molecule has 0 aromatic heterocycles. The number of carbonyl (C=O) groups excluding carboxylic acids is 1. The third-order valence-corrected chi connectivity index (χ3v) is 3.35. The minimum atomic E-state index is -0.129. The molecule has 0 aliphatic heterocycles. The number of rotatable bonds is 2. The highest BCUT2D eigenvalue weighted by molar-refractivity contribution is 5.76. The Balaban J connectivity index is 2.08. The summed E-state index contributed by atoms with van der Waals surface area (Å²) in [6.45, 7) is 0. The first-order valence-electron chi connectivity index (χ1n) is 5.61. The zero-order chi connectivity index (χ0) is 10.7. The number of amides is 1. The maximum absolute atomic E-state index is 11.2. The van der Waals surface area contributed by atoms with E-state index in [-0.39, 0.29) is 11.8 Å². The quantitative estimate of drug-likeness (QED) is 0.788. The average molecular weight is 203 g/mol. The molecule has 1 aromatic rings. The van der Waals surface area contributed by atoms with Crippen molar-refractivity contribution in [2.75, 3.05) is 0 Å². The van der Waals surface area contributed by atoms with Gasteiger partial charge in [-0.2, -0.15) is 0 Å². The molecule has 0 unspecified atom stereocenters. The van der Waals surface area contributed by atoms with Crippen LogP contribution in [0.5, 0.6) is 0 Å². The molecule has 1 aliphatic carbocycles. The first-order valence-corrected chi connectivity index (χ1v) is 5.61. The third-order valence-electron chi connectivity index (χ3n) is 3.35. The number of hydrogen-bond donors (Lipinski definition) is 1. The van der Waals surface area contributed by atoms with Gasteiger partial charge in [0.05, 0.1) is 0 Å². The predicted molar refractivity (Wildman–Crippen MR) is 60.3 cm³/mol. The van der Waals surface area contributed by atoms with Crippen LogP contribution in [0.4, 0.5) is 0 Å². The van der Waals surface area contributed by atoms with Crippen LogP contribution in [0.3, 0.4) is 0 Å². The molecule has 15 heavy (non-hydrogen) atoms. The fourth-order valence-corrected chi connectivity index (χ4v) is 2.48. The predicted octanol–water partition coefficient (Wildman–Crippen LogP) is 2.45. The van der Waals surface area contributed by atoms with E-state index in [0.717, 1.165) is 19.3 Å². The molecule has 2 nitrogen and oxygen atoms in total. The van der Waals surface area contributed by atoms with Crippen molar-refractivity contribution in [3.63, 3.8) is 0 Å². The van der Waals surface area contributed by atoms with Gasteiger partial charge in [0.2, 0.25) is 5.91 Å². The van der Waals surface area contributed by atoms with E-state index in [1.54, 1.807) is 0 Å². The molecule has 0 spiro atoms. The molecule has 1 saturated carbocycles. The molecule has 1 aromatic carbocycles. The lowest BCUT2D eigenvalue weighted by atomic mass is 9.78. The molecule has 2 rings (SSSR count). The average Bonchev–Trinajstić information content (AvgIpc) is 2.30. The second-order valence-electron chi connectivity index (χ2n) is 4.37. The van der Waals surface area contributed by atoms with E-state index in [2.05, 4.69) is 24.3 Å². The number of benzene rings is 1. The van der Waals surface area contributed by atoms with Crippen molar-refractivity contribution in [2.24, 2.45) is 11.7 Å². The highest BCUT2D eigenvalue weighted by atomic mass is 16.1. The minimum Gasteiger partial charge on any atom is -0.369 e. The molecule has 0 bridgehead atoms. The zero-order valence-corrected chi connectivity index (χ0v) is 8.86. The Bertz CT molecular complexity index is 334. The van der Waals surface area contributed by atoms with Gasteiger partial charge in [0.15, 0.2) is 0 Å². The van der Waals surface area contributed by atoms with Crippen molar-refractivity contribution in [2.45, 2.75) is 31.6 Å². The monoisotopic (exact) mass is 203 g/mol. The number of primary amides is 1. The lowest BCUT2D eigenvalue weighted by Gasteiger charge is -2.27. The van der Waals surface area contributed by atoms with Gasteiger partial charge in [-0.15, -0.1) is 0 Å². The Morgan fingerprint density at radius 3 is 2.60 bits per heavy atom. The first-order chi connectivity index (χ1) is 7.27. The Morgan fingerprint density at radius 2 is 1.93 bits per heavy atom. The van der Waals surface area contributed by atoms with Gasteiger partial charge in [-0.3, -0.25) is 4.79 Å². The summed E-state index contributed by atoms with van der Waals surface area (Å²) in [5.41, 5.74) is 6.72. The molecule has 0 saturated heterocycles. The molecule has 2 atom stereocenters. The van der Waals surface area contributed by atoms with E-state index >= 15 is 0 Å². The summed E-state index contributed by atoms with van der Waals surface area (Å²) in [5, 5.41) is 0. The Labute approximate surface area is 90.5 Å². The molecule has 0 heterocycles. The Kier molecular flexibility index (Phi) is 3.05. The third kappa shape index (κ3) is 2.38. The number of hydrogen-bond acceptors (Lipinski definition) is 1. The van der Waals surface area contributed by atoms with Gasteiger partial charge in [0, 0.05) is 5.92 Å². The minimum absolute atomic E-state index is 0.0870. The summed E-state index contributed by atoms with van der Waals surface area (Å²) in [7, 11) is 0. The molecule has 1 aliphatic rings. The fourth-order valence-electron chi connectivity index (χ4n) is 2.48. The standard InChI is InChI=1S/C13H17NO/c14-13(15)12-8-4-7-11(9-12)10-5-2-1-3-6-10/h1-3,5-6,11-12H,4,7-9H2,(H2,14,15)/t11-,12-/m0/s1. The second-order valence-corrected chi connectivity index (χ2v) is 4.37. The van der Waals surface area contributed by atoms with Crippen molar-refractivity contribution >= 4 is 5.91 Å². The molecule has 0 radical (unpaired) electrons. The van der Waals surface area contributed by atoms with Crippen LogP contribution in [-0.2, 0) is 4.79 Å². The number of carbonyl (C=O) groups is 1. The Hall–Kier alpha value is -1.31. The molecule has 2 N–H and O–H groups in total. The Morgan fingerprint density at radius 1 is 1.20 bits per heavy atom. The number of nitrogens with two attached hydrogens (primary N) is 1. The van der Waals surface area contributed by atoms with Crippen LogP contribution in [0.1, 0.15) is 37.2 Å². The van der Waals surface area contributed by atoms with Gasteiger partial charge in [0.1, 0.15) is 0 Å². The maximum Gasteiger partial charge on any atom is 0.220 e. The summed E-state index contributed by atoms with van der Waals surface area (Å²) >= 11 is 0. The summed E-state index contributed by atoms with van der Waals surface area (Å²) < 4.78 is 0. The van der Waals surface area contributed by atoms with Crippen molar-refractivity contribution in [3.8, 4) is 0 Å². The SMILES string of the molecule is NC(=O)[C@H]1CCC[C@H](c2ccccc2)C1. The first kappa shape index (κ1) is 10.2. The van der Waals surface area contributed by atoms with Crippen LogP contribution < -0.4 is 5.73 Å². The summed E-state index contributed by atoms with van der Waals surface area (Å²) in [6.07, 6.45) is 4.21. The van der Waals surface area contributed by atoms with Gasteiger partial charge in [-0.1, -0.05) is 36.8 Å². The molecule has 80 valence electrons. The summed E-state index contributed by atoms with van der Waals surface area (Å²) in [4.78, 5) is 11.2. The van der Waals surface area contributed by atoms with Crippen LogP contribution in [-0.4, -0.2) is 5.91 Å². The van der Waals surface area contributed by atoms with Gasteiger partial charge in [-0.25, -0.2) is 0 Å². The van der Waals surface area contributed by atoms with Gasteiger partial charge in [0.25, 0.3) is 0 Å². The van der Waals surface area contributed by atoms with E-state index in [1.165, 1.54) is 12.0 Å². The highest BCUT2D eigenvalue weighted by Crippen LogP contribution is 2.35. The highest BCUT2D eigenvalue weighted by Gasteiger charge is 2.26. The normalized spacial score (nSPS) is 26.1. The topological polar surface area (TPSA) is 43.1 Å². The van der Waals surface area contributed by atoms with Gasteiger partial charge in [-0.05, 0) is 30.7 Å². The maximum atomic E-state index is 11.2. The summed E-state index contributed by atoms with van der Waals surface area (Å²) in [6, 6.07) is 10.4. The van der Waals surface area contributed by atoms with Crippen molar-refractivity contribution in [1.29, 1.82) is 0 Å². The van der Waals surface area contributed by atoms with Gasteiger partial charge < -0.3 is 5.73 Å². The van der Waals surface area contributed by atoms with E-state index in [0.29, 0.717) is 5.92 Å². The fraction of sp³-hybridized carbons (Fsp3) is 0.462. The molecule has 1 amide bonds. The molecule has 1 fully saturated rings. The molecular weight excluding hydrogens is 186 g/mol. The molecule has 2 heteroatoms. The lowest BCUT2D eigenvalue weighted by molar-refractivity contribution is -0.122. The van der Waals surface area contributed by atoms with Crippen LogP contribution >= 0.6 is 0 Å². The van der Waals surface area contributed by atoms with Crippen molar-refractivity contribution in [3.05, 3.63) is 35.9 Å². The molecular formula is C13H17NO. The lowest BCUT2D eigenvalue weighted by Crippen LogP contribution is -2.27. The van der Waals surface area contributed by atoms with E-state index in [1.807, 2.05) is 6.07 Å². The van der Waals surface area contributed by atoms with E-state index < -0.39 is 0 Å². The van der Waals surface area contributed by atoms with Crippen LogP contribution in [0.15, 0.2) is 30.3 Å². The van der Waals surface area contributed by atoms with Crippen LogP contribution in [0.25, 0.3) is 0 Å². The zero-order valence-electron chi connectivity index (χ0n) is 8.86. The van der Waals surface area contributed by atoms with Crippen LogP contribution in [0, 0.1) is 5.92 Å². The van der Waals surface area contributed by atoms with Gasteiger partial charge >= 0.3 is 0 Å². The van der Waals surface area contributed by atoms with Crippen LogP contribution in [0.2, 0.25) is 0 Å². The van der Waals surface area contributed by atoms with Crippen molar-refractivity contribution < 1.29 is 4.79 Å². The summed E-state index contributed by atoms with van der Waals surface area (Å²) in [5.74, 6) is 0.483. The smallest absolute Gasteiger partial charge is 0.220 e.